The number of rotatable bonds is 21. The van der Waals surface area contributed by atoms with Crippen LogP contribution < -0.4 is 0 Å². The van der Waals surface area contributed by atoms with Gasteiger partial charge in [-0.15, -0.1) is 0 Å². The Balaban J connectivity index is 1.63. The molecule has 0 aromatic rings. The zero-order valence-corrected chi connectivity index (χ0v) is 28.8. The van der Waals surface area contributed by atoms with Crippen LogP contribution >= 0.6 is 0 Å². The number of carbonyl (C=O) groups excluding carboxylic acids is 3. The van der Waals surface area contributed by atoms with Crippen LogP contribution in [0.4, 0.5) is 0 Å². The molecule has 5 atom stereocenters. The number of aliphatic hydroxyl groups excluding tert-OH is 1. The second kappa shape index (κ2) is 22.2. The normalized spacial score (nSPS) is 24.9. The molecule has 1 N–H and O–H groups in total. The number of ether oxygens (including phenoxy) is 3. The van der Waals surface area contributed by atoms with E-state index in [1.165, 1.54) is 77.0 Å². The van der Waals surface area contributed by atoms with Crippen molar-refractivity contribution in [3.05, 3.63) is 35.5 Å². The summed E-state index contributed by atoms with van der Waals surface area (Å²) in [5.41, 5.74) is 1.92. The van der Waals surface area contributed by atoms with Crippen molar-refractivity contribution in [3.8, 4) is 0 Å². The SMILES string of the molecule is C=C1C(=O)O[C@H]2/C=C(\C)CC/C=C(\C)[C@@H](O)[C@@H](OC(=O)C[C@@H](C)COC(=O)CCCCCCCCCCCCCCCCC)[C@@H]12. The summed E-state index contributed by atoms with van der Waals surface area (Å²) in [5, 5.41) is 11.1. The average Bonchev–Trinajstić information content (AvgIpc) is 3.27. The third kappa shape index (κ3) is 15.2. The van der Waals surface area contributed by atoms with Gasteiger partial charge in [0.2, 0.25) is 0 Å². The Kier molecular flexibility index (Phi) is 19.1. The highest BCUT2D eigenvalue weighted by Gasteiger charge is 2.47. The summed E-state index contributed by atoms with van der Waals surface area (Å²) in [7, 11) is 0. The third-order valence-electron chi connectivity index (χ3n) is 9.14. The van der Waals surface area contributed by atoms with E-state index < -0.39 is 36.2 Å². The summed E-state index contributed by atoms with van der Waals surface area (Å²) >= 11 is 0. The lowest BCUT2D eigenvalue weighted by molar-refractivity contribution is -0.160. The molecule has 1 fully saturated rings. The minimum absolute atomic E-state index is 0.0196. The largest absolute Gasteiger partial charge is 0.465 e. The Morgan fingerprint density at radius 2 is 1.49 bits per heavy atom. The first-order valence-corrected chi connectivity index (χ1v) is 17.9. The van der Waals surface area contributed by atoms with Gasteiger partial charge in [0.15, 0.2) is 0 Å². The summed E-state index contributed by atoms with van der Waals surface area (Å²) in [6.07, 6.45) is 22.1. The molecule has 1 aliphatic carbocycles. The van der Waals surface area contributed by atoms with Gasteiger partial charge in [-0.1, -0.05) is 122 Å². The maximum Gasteiger partial charge on any atom is 0.334 e. The van der Waals surface area contributed by atoms with Crippen molar-refractivity contribution >= 4 is 17.9 Å². The number of esters is 3. The second-order valence-corrected chi connectivity index (χ2v) is 13.5. The highest BCUT2D eigenvalue weighted by Crippen LogP contribution is 2.36. The molecule has 0 aromatic heterocycles. The Morgan fingerprint density at radius 1 is 0.933 bits per heavy atom. The van der Waals surface area contributed by atoms with E-state index >= 15 is 0 Å². The topological polar surface area (TPSA) is 99.1 Å². The number of aliphatic hydroxyl groups is 1. The molecular weight excluding hydrogens is 568 g/mol. The van der Waals surface area contributed by atoms with Crippen molar-refractivity contribution in [2.75, 3.05) is 6.61 Å². The van der Waals surface area contributed by atoms with E-state index in [1.54, 1.807) is 6.92 Å². The summed E-state index contributed by atoms with van der Waals surface area (Å²) < 4.78 is 16.8. The summed E-state index contributed by atoms with van der Waals surface area (Å²) in [4.78, 5) is 37.6. The molecule has 0 amide bonds. The average molecular weight is 631 g/mol. The minimum atomic E-state index is -1.09. The quantitative estimate of drug-likeness (QED) is 0.0445. The van der Waals surface area contributed by atoms with Gasteiger partial charge in [-0.25, -0.2) is 4.79 Å². The number of fused-ring (bicyclic) bond motifs is 1. The van der Waals surface area contributed by atoms with Gasteiger partial charge in [0.25, 0.3) is 0 Å². The molecule has 7 heteroatoms. The van der Waals surface area contributed by atoms with Crippen molar-refractivity contribution in [2.45, 2.75) is 168 Å². The van der Waals surface area contributed by atoms with Gasteiger partial charge in [0.05, 0.1) is 18.9 Å². The molecule has 2 rings (SSSR count). The summed E-state index contributed by atoms with van der Waals surface area (Å²) in [6.45, 7) is 11.9. The van der Waals surface area contributed by atoms with Crippen molar-refractivity contribution in [1.82, 2.24) is 0 Å². The fraction of sp³-hybridized carbons (Fsp3) is 0.763. The van der Waals surface area contributed by atoms with E-state index in [0.29, 0.717) is 12.0 Å². The van der Waals surface area contributed by atoms with Crippen molar-refractivity contribution in [3.63, 3.8) is 0 Å². The maximum atomic E-state index is 13.0. The molecule has 0 bridgehead atoms. The Bertz CT molecular complexity index is 981. The van der Waals surface area contributed by atoms with Crippen LogP contribution in [0.25, 0.3) is 0 Å². The van der Waals surface area contributed by atoms with Gasteiger partial charge in [0.1, 0.15) is 18.3 Å². The van der Waals surface area contributed by atoms with E-state index in [-0.39, 0.29) is 30.5 Å². The van der Waals surface area contributed by atoms with Crippen molar-refractivity contribution in [1.29, 1.82) is 0 Å². The molecule has 0 spiro atoms. The Hall–Kier alpha value is -2.41. The van der Waals surface area contributed by atoms with Gasteiger partial charge in [-0.3, -0.25) is 9.59 Å². The molecule has 0 unspecified atom stereocenters. The summed E-state index contributed by atoms with van der Waals surface area (Å²) in [6, 6.07) is 0. The van der Waals surface area contributed by atoms with E-state index in [4.69, 9.17) is 14.2 Å². The fourth-order valence-electron chi connectivity index (χ4n) is 6.23. The number of hydrogen-bond donors (Lipinski definition) is 1. The molecular formula is C38H62O7. The fourth-order valence-corrected chi connectivity index (χ4v) is 6.23. The molecule has 1 aliphatic heterocycles. The van der Waals surface area contributed by atoms with Gasteiger partial charge in [-0.05, 0) is 44.8 Å². The standard InChI is InChI=1S/C38H62O7/c1-6-7-8-9-10-11-12-13-14-15-16-17-18-19-20-24-33(39)43-27-29(3)26-34(40)45-37-35-31(5)38(42)44-32(35)25-28(2)22-21-23-30(4)36(37)41/h23,25,29,32,35-37,41H,5-22,24,26-27H2,1-4H3/b28-25+,30-23+/t29-,32+,35+,36-,37+/m1/s1. The van der Waals surface area contributed by atoms with Crippen molar-refractivity contribution in [2.24, 2.45) is 11.8 Å². The van der Waals surface area contributed by atoms with Gasteiger partial charge >= 0.3 is 17.9 Å². The van der Waals surface area contributed by atoms with Crippen LogP contribution in [-0.4, -0.2) is 47.9 Å². The summed E-state index contributed by atoms with van der Waals surface area (Å²) in [5.74, 6) is -2.25. The minimum Gasteiger partial charge on any atom is -0.465 e. The number of carbonyl (C=O) groups is 3. The first-order chi connectivity index (χ1) is 21.6. The van der Waals surface area contributed by atoms with Crippen LogP contribution in [0.1, 0.15) is 150 Å². The molecule has 1 heterocycles. The van der Waals surface area contributed by atoms with Crippen LogP contribution in [0.3, 0.4) is 0 Å². The predicted molar refractivity (Wildman–Crippen MR) is 179 cm³/mol. The van der Waals surface area contributed by atoms with Crippen LogP contribution in [-0.2, 0) is 28.6 Å². The van der Waals surface area contributed by atoms with Gasteiger partial charge < -0.3 is 19.3 Å². The molecule has 1 saturated heterocycles. The third-order valence-corrected chi connectivity index (χ3v) is 9.14. The zero-order valence-electron chi connectivity index (χ0n) is 28.8. The van der Waals surface area contributed by atoms with E-state index in [0.717, 1.165) is 37.7 Å². The molecule has 0 radical (unpaired) electrons. The maximum absolute atomic E-state index is 13.0. The van der Waals surface area contributed by atoms with Crippen LogP contribution in [0.15, 0.2) is 35.5 Å². The lowest BCUT2D eigenvalue weighted by atomic mass is 9.84. The number of allylic oxidation sites excluding steroid dienone is 2. The first-order valence-electron chi connectivity index (χ1n) is 17.9. The van der Waals surface area contributed by atoms with Crippen LogP contribution in [0, 0.1) is 11.8 Å². The van der Waals surface area contributed by atoms with E-state index in [2.05, 4.69) is 13.5 Å². The smallest absolute Gasteiger partial charge is 0.334 e. The van der Waals surface area contributed by atoms with Crippen molar-refractivity contribution < 1.29 is 33.7 Å². The molecule has 7 nitrogen and oxygen atoms in total. The molecule has 2 aliphatic rings. The lowest BCUT2D eigenvalue weighted by Gasteiger charge is -2.31. The highest BCUT2D eigenvalue weighted by atomic mass is 16.6. The van der Waals surface area contributed by atoms with Crippen LogP contribution in [0.5, 0.6) is 0 Å². The monoisotopic (exact) mass is 630 g/mol. The van der Waals surface area contributed by atoms with Gasteiger partial charge in [-0.2, -0.15) is 0 Å². The van der Waals surface area contributed by atoms with Gasteiger partial charge in [0, 0.05) is 17.9 Å². The molecule has 0 aromatic carbocycles. The highest BCUT2D eigenvalue weighted by molar-refractivity contribution is 5.91. The second-order valence-electron chi connectivity index (χ2n) is 13.5. The Morgan fingerprint density at radius 3 is 2.07 bits per heavy atom. The lowest BCUT2D eigenvalue weighted by Crippen LogP contribution is -2.42. The first kappa shape index (κ1) is 38.8. The van der Waals surface area contributed by atoms with Crippen LogP contribution in [0.2, 0.25) is 0 Å². The Labute approximate surface area is 273 Å². The van der Waals surface area contributed by atoms with E-state index in [9.17, 15) is 19.5 Å². The predicted octanol–water partition coefficient (Wildman–Crippen LogP) is 8.87. The molecule has 0 saturated carbocycles. The number of hydrogen-bond acceptors (Lipinski definition) is 7. The zero-order chi connectivity index (χ0) is 33.0. The number of unbranched alkanes of at least 4 members (excludes halogenated alkanes) is 14. The molecule has 45 heavy (non-hydrogen) atoms. The molecule has 256 valence electrons. The van der Waals surface area contributed by atoms with E-state index in [1.807, 2.05) is 26.0 Å².